The van der Waals surface area contributed by atoms with E-state index in [2.05, 4.69) is 74.1 Å². The first-order valence-electron chi connectivity index (χ1n) is 13.2. The lowest BCUT2D eigenvalue weighted by Gasteiger charge is -2.38. The number of rotatable bonds is 5. The van der Waals surface area contributed by atoms with Crippen LogP contribution in [0.3, 0.4) is 0 Å². The molecule has 0 unspecified atom stereocenters. The van der Waals surface area contributed by atoms with Crippen LogP contribution >= 0.6 is 0 Å². The SMILES string of the molecule is O=C(NNc1ccccc1)N1CCN(c2nc(N3CCN(c4ccccc4)CC3)c3ccccc3n2)CC1. The Morgan fingerprint density at radius 2 is 1.24 bits per heavy atom. The van der Waals surface area contributed by atoms with E-state index in [4.69, 9.17) is 9.97 Å². The van der Waals surface area contributed by atoms with Crippen molar-refractivity contribution in [1.29, 1.82) is 0 Å². The average Bonchev–Trinajstić information content (AvgIpc) is 3.00. The Hall–Kier alpha value is -4.53. The lowest BCUT2D eigenvalue weighted by molar-refractivity contribution is 0.196. The normalized spacial score (nSPS) is 16.0. The molecule has 1 aromatic heterocycles. The van der Waals surface area contributed by atoms with E-state index in [0.717, 1.165) is 54.5 Å². The number of nitrogens with one attached hydrogen (secondary N) is 2. The number of nitrogens with zero attached hydrogens (tertiary/aromatic N) is 6. The fourth-order valence-corrected chi connectivity index (χ4v) is 5.08. The van der Waals surface area contributed by atoms with Gasteiger partial charge in [-0.15, -0.1) is 0 Å². The summed E-state index contributed by atoms with van der Waals surface area (Å²) in [5.41, 5.74) is 8.83. The number of amides is 2. The average molecular weight is 509 g/mol. The number of anilines is 4. The first-order valence-corrected chi connectivity index (χ1v) is 13.2. The summed E-state index contributed by atoms with van der Waals surface area (Å²) in [6, 6.07) is 28.3. The minimum atomic E-state index is -0.134. The highest BCUT2D eigenvalue weighted by atomic mass is 16.2. The third kappa shape index (κ3) is 5.13. The van der Waals surface area contributed by atoms with Gasteiger partial charge in [0.15, 0.2) is 0 Å². The van der Waals surface area contributed by atoms with Crippen LogP contribution in [0.4, 0.5) is 27.9 Å². The second-order valence-electron chi connectivity index (χ2n) is 9.57. The van der Waals surface area contributed by atoms with Crippen LogP contribution < -0.4 is 25.6 Å². The quantitative estimate of drug-likeness (QED) is 0.397. The van der Waals surface area contributed by atoms with E-state index in [0.29, 0.717) is 26.2 Å². The predicted octanol–water partition coefficient (Wildman–Crippen LogP) is 3.82. The molecule has 0 atom stereocenters. The van der Waals surface area contributed by atoms with Gasteiger partial charge in [-0.3, -0.25) is 10.9 Å². The van der Waals surface area contributed by atoms with Gasteiger partial charge in [-0.25, -0.2) is 9.78 Å². The fraction of sp³-hybridized carbons (Fsp3) is 0.276. The summed E-state index contributed by atoms with van der Waals surface area (Å²) in [5, 5.41) is 1.08. The Morgan fingerprint density at radius 1 is 0.632 bits per heavy atom. The molecule has 3 heterocycles. The summed E-state index contributed by atoms with van der Waals surface area (Å²) in [5.74, 6) is 1.72. The van der Waals surface area contributed by atoms with E-state index in [-0.39, 0.29) is 6.03 Å². The van der Waals surface area contributed by atoms with Crippen molar-refractivity contribution < 1.29 is 4.79 Å². The molecule has 2 amide bonds. The summed E-state index contributed by atoms with van der Waals surface area (Å²) in [7, 11) is 0. The molecular weight excluding hydrogens is 476 g/mol. The van der Waals surface area contributed by atoms with Crippen molar-refractivity contribution in [3.8, 4) is 0 Å². The molecule has 0 spiro atoms. The Labute approximate surface area is 222 Å². The van der Waals surface area contributed by atoms with Crippen molar-refractivity contribution in [3.63, 3.8) is 0 Å². The standard InChI is InChI=1S/C29H32N8O/c38-29(33-32-23-9-3-1-4-10-23)37-21-19-36(20-22-37)28-30-26-14-8-7-13-25(26)27(31-28)35-17-15-34(16-18-35)24-11-5-2-6-12-24/h1-14,32H,15-22H2,(H,33,38). The van der Waals surface area contributed by atoms with Crippen molar-refractivity contribution in [2.45, 2.75) is 0 Å². The number of hydrazine groups is 1. The molecular formula is C29H32N8O. The van der Waals surface area contributed by atoms with Crippen LogP contribution in [0.1, 0.15) is 0 Å². The molecule has 6 rings (SSSR count). The van der Waals surface area contributed by atoms with Crippen LogP contribution in [0.15, 0.2) is 84.9 Å². The molecule has 0 radical (unpaired) electrons. The topological polar surface area (TPSA) is 79.9 Å². The molecule has 2 N–H and O–H groups in total. The second kappa shape index (κ2) is 10.8. The van der Waals surface area contributed by atoms with Gasteiger partial charge in [0, 0.05) is 63.4 Å². The zero-order valence-corrected chi connectivity index (χ0v) is 21.3. The lowest BCUT2D eigenvalue weighted by atomic mass is 10.2. The van der Waals surface area contributed by atoms with Crippen molar-refractivity contribution in [2.24, 2.45) is 0 Å². The lowest BCUT2D eigenvalue weighted by Crippen LogP contribution is -2.53. The number of hydrogen-bond acceptors (Lipinski definition) is 7. The molecule has 4 aromatic rings. The Bertz CT molecular complexity index is 1370. The van der Waals surface area contributed by atoms with Crippen LogP contribution in [0.2, 0.25) is 0 Å². The number of fused-ring (bicyclic) bond motifs is 1. The Morgan fingerprint density at radius 3 is 1.97 bits per heavy atom. The van der Waals surface area contributed by atoms with Gasteiger partial charge in [0.05, 0.1) is 11.2 Å². The molecule has 9 nitrogen and oxygen atoms in total. The summed E-state index contributed by atoms with van der Waals surface area (Å²) in [4.78, 5) is 31.5. The highest BCUT2D eigenvalue weighted by molar-refractivity contribution is 5.90. The number of carbonyl (C=O) groups is 1. The van der Waals surface area contributed by atoms with Gasteiger partial charge in [0.25, 0.3) is 0 Å². The highest BCUT2D eigenvalue weighted by Crippen LogP contribution is 2.28. The molecule has 2 saturated heterocycles. The first-order chi connectivity index (χ1) is 18.7. The Kier molecular flexibility index (Phi) is 6.80. The van der Waals surface area contributed by atoms with Crippen LogP contribution in [-0.4, -0.2) is 73.3 Å². The number of benzene rings is 3. The number of para-hydroxylation sites is 3. The molecule has 0 bridgehead atoms. The monoisotopic (exact) mass is 508 g/mol. The van der Waals surface area contributed by atoms with Gasteiger partial charge in [-0.2, -0.15) is 4.98 Å². The summed E-state index contributed by atoms with van der Waals surface area (Å²) < 4.78 is 0. The molecule has 2 aliphatic heterocycles. The molecule has 3 aromatic carbocycles. The first kappa shape index (κ1) is 23.8. The molecule has 2 fully saturated rings. The van der Waals surface area contributed by atoms with Crippen LogP contribution in [0, 0.1) is 0 Å². The van der Waals surface area contributed by atoms with Gasteiger partial charge in [-0.1, -0.05) is 48.5 Å². The molecule has 0 saturated carbocycles. The van der Waals surface area contributed by atoms with Gasteiger partial charge >= 0.3 is 6.03 Å². The molecule has 194 valence electrons. The third-order valence-corrected chi connectivity index (χ3v) is 7.21. The number of urea groups is 1. The van der Waals surface area contributed by atoms with Crippen molar-refractivity contribution >= 4 is 40.1 Å². The van der Waals surface area contributed by atoms with Gasteiger partial charge in [0.2, 0.25) is 5.95 Å². The van der Waals surface area contributed by atoms with E-state index in [9.17, 15) is 4.79 Å². The maximum atomic E-state index is 12.7. The minimum absolute atomic E-state index is 0.134. The maximum Gasteiger partial charge on any atom is 0.336 e. The van der Waals surface area contributed by atoms with Crippen LogP contribution in [-0.2, 0) is 0 Å². The largest absolute Gasteiger partial charge is 0.368 e. The zero-order valence-electron chi connectivity index (χ0n) is 21.3. The van der Waals surface area contributed by atoms with E-state index < -0.39 is 0 Å². The van der Waals surface area contributed by atoms with E-state index in [1.54, 1.807) is 0 Å². The van der Waals surface area contributed by atoms with Crippen LogP contribution in [0.25, 0.3) is 10.9 Å². The predicted molar refractivity (Wildman–Crippen MR) is 153 cm³/mol. The summed E-state index contributed by atoms with van der Waals surface area (Å²) in [6.07, 6.45) is 0. The smallest absolute Gasteiger partial charge is 0.336 e. The van der Waals surface area contributed by atoms with Crippen LogP contribution in [0.5, 0.6) is 0 Å². The van der Waals surface area contributed by atoms with Gasteiger partial charge in [0.1, 0.15) is 5.82 Å². The van der Waals surface area contributed by atoms with E-state index in [1.807, 2.05) is 41.3 Å². The summed E-state index contributed by atoms with van der Waals surface area (Å²) in [6.45, 7) is 6.25. The maximum absolute atomic E-state index is 12.7. The molecule has 38 heavy (non-hydrogen) atoms. The number of carbonyl (C=O) groups excluding carboxylic acids is 1. The fourth-order valence-electron chi connectivity index (χ4n) is 5.08. The molecule has 2 aliphatic rings. The molecule has 0 aliphatic carbocycles. The summed E-state index contributed by atoms with van der Waals surface area (Å²) >= 11 is 0. The molecule has 9 heteroatoms. The van der Waals surface area contributed by atoms with Crippen molar-refractivity contribution in [1.82, 2.24) is 20.3 Å². The minimum Gasteiger partial charge on any atom is -0.368 e. The van der Waals surface area contributed by atoms with Crippen molar-refractivity contribution in [2.75, 3.05) is 72.5 Å². The van der Waals surface area contributed by atoms with Gasteiger partial charge in [-0.05, 0) is 36.4 Å². The zero-order chi connectivity index (χ0) is 25.7. The van der Waals surface area contributed by atoms with E-state index >= 15 is 0 Å². The van der Waals surface area contributed by atoms with E-state index in [1.165, 1.54) is 5.69 Å². The van der Waals surface area contributed by atoms with Crippen molar-refractivity contribution in [3.05, 3.63) is 84.9 Å². The number of piperazine rings is 2. The second-order valence-corrected chi connectivity index (χ2v) is 9.57. The number of aromatic nitrogens is 2. The highest BCUT2D eigenvalue weighted by Gasteiger charge is 2.26. The Balaban J connectivity index is 1.13. The van der Waals surface area contributed by atoms with Gasteiger partial charge < -0.3 is 19.6 Å². The third-order valence-electron chi connectivity index (χ3n) is 7.21. The number of hydrogen-bond donors (Lipinski definition) is 2.